The molecule has 0 atom stereocenters. The third-order valence-corrected chi connectivity index (χ3v) is 7.19. The van der Waals surface area contributed by atoms with Crippen LogP contribution < -0.4 is 0 Å². The number of aryl methyl sites for hydroxylation is 1. The molecule has 1 aliphatic rings. The second kappa shape index (κ2) is 10.8. The van der Waals surface area contributed by atoms with E-state index in [9.17, 15) is 4.39 Å². The predicted molar refractivity (Wildman–Crippen MR) is 137 cm³/mol. The van der Waals surface area contributed by atoms with Crippen molar-refractivity contribution in [3.05, 3.63) is 96.3 Å². The van der Waals surface area contributed by atoms with E-state index in [0.29, 0.717) is 5.92 Å². The summed E-state index contributed by atoms with van der Waals surface area (Å²) in [6, 6.07) is 19.2. The van der Waals surface area contributed by atoms with Gasteiger partial charge in [-0.05, 0) is 104 Å². The molecule has 1 heteroatoms. The Hall–Kier alpha value is -2.67. The molecule has 3 aromatic rings. The number of hydrogen-bond acceptors (Lipinski definition) is 0. The minimum Gasteiger partial charge on any atom is -0.206 e. The molecule has 1 fully saturated rings. The average molecular weight is 427 g/mol. The second-order valence-electron chi connectivity index (χ2n) is 9.29. The molecule has 0 heterocycles. The predicted octanol–water partition coefficient (Wildman–Crippen LogP) is 9.39. The van der Waals surface area contributed by atoms with Crippen LogP contribution in [0, 0.1) is 11.7 Å². The van der Waals surface area contributed by atoms with Gasteiger partial charge in [-0.25, -0.2) is 4.39 Å². The van der Waals surface area contributed by atoms with Crippen LogP contribution in [-0.2, 0) is 6.42 Å². The molecule has 0 nitrogen and oxygen atoms in total. The Morgan fingerprint density at radius 1 is 0.906 bits per heavy atom. The van der Waals surface area contributed by atoms with Gasteiger partial charge in [0.2, 0.25) is 0 Å². The smallest absolute Gasteiger partial charge is 0.134 e. The molecule has 0 aliphatic heterocycles. The van der Waals surface area contributed by atoms with E-state index >= 15 is 0 Å². The molecular formula is C31H35F. The van der Waals surface area contributed by atoms with Crippen LogP contribution in [0.4, 0.5) is 4.39 Å². The highest BCUT2D eigenvalue weighted by Gasteiger charge is 2.21. The highest BCUT2D eigenvalue weighted by molar-refractivity contribution is 5.88. The molecule has 166 valence electrons. The first-order chi connectivity index (χ1) is 15.7. The van der Waals surface area contributed by atoms with E-state index in [1.807, 2.05) is 25.1 Å². The minimum absolute atomic E-state index is 0.0717. The third kappa shape index (κ3) is 5.21. The Kier molecular flexibility index (Phi) is 7.58. The molecule has 0 bridgehead atoms. The van der Waals surface area contributed by atoms with Gasteiger partial charge in [-0.15, -0.1) is 6.58 Å². The lowest BCUT2D eigenvalue weighted by molar-refractivity contribution is 0.312. The summed E-state index contributed by atoms with van der Waals surface area (Å²) in [5.74, 6) is 1.50. The Balaban J connectivity index is 1.46. The van der Waals surface area contributed by atoms with Gasteiger partial charge in [0.05, 0.1) is 0 Å². The largest absolute Gasteiger partial charge is 0.206 e. The third-order valence-electron chi connectivity index (χ3n) is 7.19. The fourth-order valence-electron chi connectivity index (χ4n) is 5.20. The van der Waals surface area contributed by atoms with E-state index in [-0.39, 0.29) is 5.82 Å². The first kappa shape index (κ1) is 22.5. The maximum absolute atomic E-state index is 15.0. The lowest BCUT2D eigenvalue weighted by Crippen LogP contribution is -2.13. The molecular weight excluding hydrogens is 391 g/mol. The van der Waals surface area contributed by atoms with E-state index < -0.39 is 0 Å². The molecule has 1 saturated carbocycles. The molecule has 0 amide bonds. The average Bonchev–Trinajstić information content (AvgIpc) is 2.84. The number of halogens is 1. The maximum Gasteiger partial charge on any atom is 0.134 e. The summed E-state index contributed by atoms with van der Waals surface area (Å²) in [5.41, 5.74) is 4.62. The van der Waals surface area contributed by atoms with Gasteiger partial charge < -0.3 is 0 Å². The molecule has 4 rings (SSSR count). The summed E-state index contributed by atoms with van der Waals surface area (Å²) in [5, 5.41) is 1.69. The van der Waals surface area contributed by atoms with Crippen molar-refractivity contribution in [2.45, 2.75) is 64.2 Å². The van der Waals surface area contributed by atoms with Gasteiger partial charge in [0.25, 0.3) is 0 Å². The van der Waals surface area contributed by atoms with E-state index in [1.54, 1.807) is 0 Å². The fraction of sp³-hybridized carbons (Fsp3) is 0.355. The van der Waals surface area contributed by atoms with E-state index in [4.69, 9.17) is 0 Å². The quantitative estimate of drug-likeness (QED) is 0.315. The van der Waals surface area contributed by atoms with Gasteiger partial charge in [0.1, 0.15) is 5.82 Å². The highest BCUT2D eigenvalue weighted by atomic mass is 19.1. The highest BCUT2D eigenvalue weighted by Crippen LogP contribution is 2.38. The standard InChI is InChI=1S/C31H35F/c1-3-5-7-9-27-18-19-29-22-28(20-21-30(29)31(27)32)26-16-14-25(15-17-26)24-12-10-23(11-13-24)8-6-4-2/h3-5,14-24H,2,6-13H2,1H3/b5-3+. The number of fused-ring (bicyclic) bond motifs is 1. The number of allylic oxidation sites excluding steroid dienone is 3. The molecule has 1 aliphatic carbocycles. The van der Waals surface area contributed by atoms with Crippen molar-refractivity contribution in [2.24, 2.45) is 5.92 Å². The van der Waals surface area contributed by atoms with Crippen molar-refractivity contribution in [2.75, 3.05) is 0 Å². The van der Waals surface area contributed by atoms with Crippen molar-refractivity contribution in [1.29, 1.82) is 0 Å². The number of rotatable bonds is 8. The Morgan fingerprint density at radius 2 is 1.66 bits per heavy atom. The summed E-state index contributed by atoms with van der Waals surface area (Å²) >= 11 is 0. The van der Waals surface area contributed by atoms with Gasteiger partial charge in [0.15, 0.2) is 0 Å². The van der Waals surface area contributed by atoms with Crippen LogP contribution in [0.15, 0.2) is 79.4 Å². The second-order valence-corrected chi connectivity index (χ2v) is 9.29. The van der Waals surface area contributed by atoms with Crippen LogP contribution in [0.3, 0.4) is 0 Å². The van der Waals surface area contributed by atoms with E-state index in [2.05, 4.69) is 61.2 Å². The Bertz CT molecular complexity index is 1070. The normalized spacial score (nSPS) is 18.9. The molecule has 32 heavy (non-hydrogen) atoms. The zero-order valence-electron chi connectivity index (χ0n) is 19.3. The van der Waals surface area contributed by atoms with Gasteiger partial charge >= 0.3 is 0 Å². The summed E-state index contributed by atoms with van der Waals surface area (Å²) in [7, 11) is 0. The van der Waals surface area contributed by atoms with Gasteiger partial charge in [0, 0.05) is 5.39 Å². The van der Waals surface area contributed by atoms with Gasteiger partial charge in [-0.2, -0.15) is 0 Å². The lowest BCUT2D eigenvalue weighted by Gasteiger charge is -2.28. The van der Waals surface area contributed by atoms with Crippen molar-refractivity contribution in [3.63, 3.8) is 0 Å². The molecule has 0 aromatic heterocycles. The molecule has 0 radical (unpaired) electrons. The molecule has 0 spiro atoms. The van der Waals surface area contributed by atoms with E-state index in [1.165, 1.54) is 43.2 Å². The van der Waals surface area contributed by atoms with Crippen LogP contribution in [0.2, 0.25) is 0 Å². The molecule has 0 N–H and O–H groups in total. The van der Waals surface area contributed by atoms with Crippen LogP contribution in [0.25, 0.3) is 21.9 Å². The lowest BCUT2D eigenvalue weighted by atomic mass is 9.77. The van der Waals surface area contributed by atoms with Crippen LogP contribution >= 0.6 is 0 Å². The Labute approximate surface area is 192 Å². The van der Waals surface area contributed by atoms with Crippen molar-refractivity contribution < 1.29 is 4.39 Å². The van der Waals surface area contributed by atoms with Crippen LogP contribution in [-0.4, -0.2) is 0 Å². The topological polar surface area (TPSA) is 0 Å². The van der Waals surface area contributed by atoms with E-state index in [0.717, 1.165) is 47.1 Å². The van der Waals surface area contributed by atoms with Crippen molar-refractivity contribution >= 4 is 10.8 Å². The zero-order valence-corrected chi connectivity index (χ0v) is 19.3. The number of benzene rings is 3. The van der Waals surface area contributed by atoms with Gasteiger partial charge in [-0.3, -0.25) is 0 Å². The van der Waals surface area contributed by atoms with Crippen molar-refractivity contribution in [1.82, 2.24) is 0 Å². The summed E-state index contributed by atoms with van der Waals surface area (Å²) in [4.78, 5) is 0. The summed E-state index contributed by atoms with van der Waals surface area (Å²) in [6.45, 7) is 5.86. The molecule has 0 unspecified atom stereocenters. The summed E-state index contributed by atoms with van der Waals surface area (Å²) in [6.07, 6.45) is 15.5. The Morgan fingerprint density at radius 3 is 2.38 bits per heavy atom. The SMILES string of the molecule is C=CCCC1CCC(c2ccc(-c3ccc4c(F)c(CC/C=C/C)ccc4c3)cc2)CC1. The first-order valence-electron chi connectivity index (χ1n) is 12.2. The van der Waals surface area contributed by atoms with Crippen molar-refractivity contribution in [3.8, 4) is 11.1 Å². The monoisotopic (exact) mass is 426 g/mol. The zero-order chi connectivity index (χ0) is 22.3. The maximum atomic E-state index is 15.0. The number of hydrogen-bond donors (Lipinski definition) is 0. The fourth-order valence-corrected chi connectivity index (χ4v) is 5.20. The first-order valence-corrected chi connectivity index (χ1v) is 12.2. The summed E-state index contributed by atoms with van der Waals surface area (Å²) < 4.78 is 15.0. The molecule has 0 saturated heterocycles. The minimum atomic E-state index is -0.0717. The van der Waals surface area contributed by atoms with Gasteiger partial charge in [-0.1, -0.05) is 66.8 Å². The molecule has 3 aromatic carbocycles. The van der Waals surface area contributed by atoms with Crippen LogP contribution in [0.5, 0.6) is 0 Å². The van der Waals surface area contributed by atoms with Crippen LogP contribution in [0.1, 0.15) is 68.9 Å².